The number of rotatable bonds is 7. The van der Waals surface area contributed by atoms with E-state index in [-0.39, 0.29) is 24.7 Å². The van der Waals surface area contributed by atoms with Crippen molar-refractivity contribution in [3.63, 3.8) is 0 Å². The van der Waals surface area contributed by atoms with Gasteiger partial charge in [-0.2, -0.15) is 13.2 Å². The summed E-state index contributed by atoms with van der Waals surface area (Å²) in [4.78, 5) is 12.0. The molecule has 0 fully saturated rings. The highest BCUT2D eigenvalue weighted by atomic mass is 19.4. The number of hydrogen-bond acceptors (Lipinski definition) is 3. The lowest BCUT2D eigenvalue weighted by Crippen LogP contribution is -2.38. The third-order valence-electron chi connectivity index (χ3n) is 3.72. The smallest absolute Gasteiger partial charge is 0.419 e. The highest BCUT2D eigenvalue weighted by Gasteiger charge is 2.34. The molecule has 7 heteroatoms. The number of carbonyl (C=O) groups excluding carboxylic acids is 1. The van der Waals surface area contributed by atoms with Gasteiger partial charge in [0.25, 0.3) is 0 Å². The number of hydrogen-bond donors (Lipinski definition) is 2. The average Bonchev–Trinajstić information content (AvgIpc) is 2.60. The van der Waals surface area contributed by atoms with Crippen LogP contribution in [-0.4, -0.2) is 18.6 Å². The molecule has 2 rings (SSSR count). The van der Waals surface area contributed by atoms with Crippen molar-refractivity contribution < 1.29 is 22.7 Å². The highest BCUT2D eigenvalue weighted by molar-refractivity contribution is 5.77. The molecule has 0 aliphatic heterocycles. The molecule has 0 saturated heterocycles. The molecular weight excluding hydrogens is 345 g/mol. The third kappa shape index (κ3) is 5.77. The molecule has 4 nitrogen and oxygen atoms in total. The normalized spacial score (nSPS) is 13.7. The zero-order valence-electron chi connectivity index (χ0n) is 14.3. The first-order valence-corrected chi connectivity index (χ1v) is 8.16. The highest BCUT2D eigenvalue weighted by Crippen LogP contribution is 2.35. The predicted molar refractivity (Wildman–Crippen MR) is 92.5 cm³/mol. The van der Waals surface area contributed by atoms with Gasteiger partial charge in [-0.3, -0.25) is 4.79 Å². The van der Waals surface area contributed by atoms with E-state index in [0.29, 0.717) is 0 Å². The van der Waals surface area contributed by atoms with Gasteiger partial charge in [0.2, 0.25) is 5.91 Å². The molecule has 0 heterocycles. The van der Waals surface area contributed by atoms with Crippen molar-refractivity contribution in [3.8, 4) is 5.75 Å². The summed E-state index contributed by atoms with van der Waals surface area (Å²) in [6.07, 6.45) is -4.42. The summed E-state index contributed by atoms with van der Waals surface area (Å²) in [5, 5.41) is 2.68. The maximum Gasteiger partial charge on any atom is 0.419 e. The van der Waals surface area contributed by atoms with Crippen LogP contribution in [0.4, 0.5) is 13.2 Å². The fourth-order valence-corrected chi connectivity index (χ4v) is 2.43. The number of benzene rings is 2. The molecule has 0 aromatic heterocycles. The Morgan fingerprint density at radius 2 is 1.73 bits per heavy atom. The average molecular weight is 366 g/mol. The van der Waals surface area contributed by atoms with Gasteiger partial charge in [0, 0.05) is 12.5 Å². The van der Waals surface area contributed by atoms with E-state index in [9.17, 15) is 18.0 Å². The molecule has 0 saturated carbocycles. The zero-order chi connectivity index (χ0) is 19.2. The van der Waals surface area contributed by atoms with E-state index in [4.69, 9.17) is 10.5 Å². The Morgan fingerprint density at radius 1 is 1.12 bits per heavy atom. The minimum atomic E-state index is -4.49. The van der Waals surface area contributed by atoms with Crippen LogP contribution < -0.4 is 15.8 Å². The lowest BCUT2D eigenvalue weighted by molar-refractivity contribution is -0.139. The molecule has 26 heavy (non-hydrogen) atoms. The van der Waals surface area contributed by atoms with Gasteiger partial charge in [0.1, 0.15) is 12.4 Å². The predicted octanol–water partition coefficient (Wildman–Crippen LogP) is 3.68. The third-order valence-corrected chi connectivity index (χ3v) is 3.72. The second-order valence-corrected chi connectivity index (χ2v) is 5.99. The molecule has 2 aromatic rings. The lowest BCUT2D eigenvalue weighted by atomic mass is 10.0. The minimum Gasteiger partial charge on any atom is -0.491 e. The van der Waals surface area contributed by atoms with Crippen molar-refractivity contribution in [1.29, 1.82) is 0 Å². The second kappa shape index (κ2) is 8.71. The Bertz CT molecular complexity index is 720. The van der Waals surface area contributed by atoms with Crippen LogP contribution in [0.15, 0.2) is 54.6 Å². The number of halogens is 3. The van der Waals surface area contributed by atoms with Gasteiger partial charge in [-0.25, -0.2) is 0 Å². The molecule has 2 unspecified atom stereocenters. The molecule has 0 aliphatic rings. The van der Waals surface area contributed by atoms with Gasteiger partial charge in [-0.1, -0.05) is 42.5 Å². The molecule has 0 radical (unpaired) electrons. The first-order valence-electron chi connectivity index (χ1n) is 8.16. The molecule has 0 spiro atoms. The number of carbonyl (C=O) groups is 1. The topological polar surface area (TPSA) is 64.3 Å². The molecule has 0 aliphatic carbocycles. The van der Waals surface area contributed by atoms with Crippen molar-refractivity contribution in [2.24, 2.45) is 5.73 Å². The second-order valence-electron chi connectivity index (χ2n) is 5.99. The van der Waals surface area contributed by atoms with E-state index in [2.05, 4.69) is 5.32 Å². The van der Waals surface area contributed by atoms with Crippen molar-refractivity contribution in [2.75, 3.05) is 6.61 Å². The van der Waals surface area contributed by atoms with Gasteiger partial charge in [0.15, 0.2) is 0 Å². The van der Waals surface area contributed by atoms with Crippen LogP contribution in [-0.2, 0) is 11.0 Å². The van der Waals surface area contributed by atoms with Crippen molar-refractivity contribution in [2.45, 2.75) is 31.6 Å². The SMILES string of the molecule is CC(COc1ccccc1C(F)(F)F)NC(=O)CC(N)c1ccccc1. The van der Waals surface area contributed by atoms with Crippen molar-refractivity contribution in [3.05, 3.63) is 65.7 Å². The van der Waals surface area contributed by atoms with E-state index < -0.39 is 23.8 Å². The summed E-state index contributed by atoms with van der Waals surface area (Å²) in [5.41, 5.74) is 5.98. The monoisotopic (exact) mass is 366 g/mol. The maximum atomic E-state index is 12.9. The summed E-state index contributed by atoms with van der Waals surface area (Å²) in [7, 11) is 0. The zero-order valence-corrected chi connectivity index (χ0v) is 14.3. The molecule has 140 valence electrons. The Hall–Kier alpha value is -2.54. The van der Waals surface area contributed by atoms with Gasteiger partial charge in [-0.15, -0.1) is 0 Å². The van der Waals surface area contributed by atoms with E-state index in [1.54, 1.807) is 6.92 Å². The van der Waals surface area contributed by atoms with Gasteiger partial charge >= 0.3 is 6.18 Å². The Kier molecular flexibility index (Phi) is 6.63. The number of ether oxygens (including phenoxy) is 1. The Balaban J connectivity index is 1.86. The fourth-order valence-electron chi connectivity index (χ4n) is 2.43. The van der Waals surface area contributed by atoms with E-state index in [1.165, 1.54) is 18.2 Å². The van der Waals surface area contributed by atoms with Crippen molar-refractivity contribution in [1.82, 2.24) is 5.32 Å². The van der Waals surface area contributed by atoms with Gasteiger partial charge in [-0.05, 0) is 24.6 Å². The van der Waals surface area contributed by atoms with Crippen LogP contribution in [0.5, 0.6) is 5.75 Å². The molecule has 1 amide bonds. The van der Waals surface area contributed by atoms with Crippen molar-refractivity contribution >= 4 is 5.91 Å². The fraction of sp³-hybridized carbons (Fsp3) is 0.316. The summed E-state index contributed by atoms with van der Waals surface area (Å²) in [6, 6.07) is 13.2. The summed E-state index contributed by atoms with van der Waals surface area (Å²) in [5.74, 6) is -0.552. The number of amides is 1. The number of para-hydroxylation sites is 1. The van der Waals surface area contributed by atoms with Gasteiger partial charge < -0.3 is 15.8 Å². The van der Waals surface area contributed by atoms with E-state index >= 15 is 0 Å². The van der Waals surface area contributed by atoms with E-state index in [1.807, 2.05) is 30.3 Å². The molecule has 2 aromatic carbocycles. The summed E-state index contributed by atoms with van der Waals surface area (Å²) < 4.78 is 44.0. The standard InChI is InChI=1S/C19H21F3N2O2/c1-13(12-26-17-10-6-5-9-15(17)19(20,21)22)24-18(25)11-16(23)14-7-3-2-4-8-14/h2-10,13,16H,11-12,23H2,1H3,(H,24,25). The van der Waals surface area contributed by atoms with Crippen LogP contribution in [0.2, 0.25) is 0 Å². The van der Waals surface area contributed by atoms with Crippen LogP contribution in [0.3, 0.4) is 0 Å². The Labute approximate surface area is 150 Å². The van der Waals surface area contributed by atoms with Crippen LogP contribution >= 0.6 is 0 Å². The molecule has 3 N–H and O–H groups in total. The lowest BCUT2D eigenvalue weighted by Gasteiger charge is -2.19. The Morgan fingerprint density at radius 3 is 2.38 bits per heavy atom. The summed E-state index contributed by atoms with van der Waals surface area (Å²) in [6.45, 7) is 1.57. The molecule has 0 bridgehead atoms. The summed E-state index contributed by atoms with van der Waals surface area (Å²) >= 11 is 0. The van der Waals surface area contributed by atoms with Gasteiger partial charge in [0.05, 0.1) is 11.6 Å². The molecule has 2 atom stereocenters. The molecular formula is C19H21F3N2O2. The minimum absolute atomic E-state index is 0.0769. The maximum absolute atomic E-state index is 12.9. The first kappa shape index (κ1) is 19.8. The number of alkyl halides is 3. The largest absolute Gasteiger partial charge is 0.491 e. The number of nitrogens with two attached hydrogens (primary N) is 1. The van der Waals surface area contributed by atoms with Crippen LogP contribution in [0.1, 0.15) is 30.5 Å². The van der Waals surface area contributed by atoms with E-state index in [0.717, 1.165) is 11.6 Å². The first-order chi connectivity index (χ1) is 12.3. The van der Waals surface area contributed by atoms with Crippen LogP contribution in [0, 0.1) is 0 Å². The quantitative estimate of drug-likeness (QED) is 0.786. The van der Waals surface area contributed by atoms with Crippen LogP contribution in [0.25, 0.3) is 0 Å². The number of nitrogens with one attached hydrogen (secondary N) is 1.